The number of piperazine rings is 1. The van der Waals surface area contributed by atoms with Crippen LogP contribution in [0.15, 0.2) is 18.2 Å². The van der Waals surface area contributed by atoms with Gasteiger partial charge in [0.05, 0.1) is 7.11 Å². The van der Waals surface area contributed by atoms with E-state index in [2.05, 4.69) is 23.8 Å². The summed E-state index contributed by atoms with van der Waals surface area (Å²) in [5.41, 5.74) is 8.04. The number of nitrogen functional groups attached to an aromatic ring is 1. The van der Waals surface area contributed by atoms with Crippen molar-refractivity contribution in [3.8, 4) is 5.75 Å². The molecule has 1 atom stereocenters. The van der Waals surface area contributed by atoms with Crippen molar-refractivity contribution in [3.05, 3.63) is 23.8 Å². The fourth-order valence-electron chi connectivity index (χ4n) is 2.35. The second kappa shape index (κ2) is 5.59. The van der Waals surface area contributed by atoms with E-state index in [9.17, 15) is 0 Å². The first-order valence-corrected chi connectivity index (χ1v) is 6.45. The van der Waals surface area contributed by atoms with Crippen molar-refractivity contribution in [3.63, 3.8) is 0 Å². The van der Waals surface area contributed by atoms with Crippen LogP contribution < -0.4 is 10.5 Å². The van der Waals surface area contributed by atoms with Gasteiger partial charge in [-0.2, -0.15) is 0 Å². The van der Waals surface area contributed by atoms with Crippen molar-refractivity contribution in [2.24, 2.45) is 0 Å². The third-order valence-electron chi connectivity index (χ3n) is 3.79. The molecule has 2 rings (SSSR count). The molecular weight excluding hydrogens is 226 g/mol. The number of anilines is 1. The molecule has 1 aliphatic rings. The fourth-order valence-corrected chi connectivity index (χ4v) is 2.35. The zero-order chi connectivity index (χ0) is 13.1. The Hall–Kier alpha value is -1.26. The van der Waals surface area contributed by atoms with Gasteiger partial charge < -0.3 is 15.4 Å². The van der Waals surface area contributed by atoms with Gasteiger partial charge in [0.25, 0.3) is 0 Å². The van der Waals surface area contributed by atoms with Crippen LogP contribution in [-0.4, -0.2) is 49.6 Å². The van der Waals surface area contributed by atoms with Gasteiger partial charge >= 0.3 is 0 Å². The molecule has 1 saturated heterocycles. The molecule has 4 heteroatoms. The normalized spacial score (nSPS) is 22.1. The number of nitrogens with zero attached hydrogens (tertiary/aromatic N) is 2. The van der Waals surface area contributed by atoms with E-state index in [1.54, 1.807) is 7.11 Å². The number of benzene rings is 1. The van der Waals surface area contributed by atoms with Crippen molar-refractivity contribution >= 4 is 5.69 Å². The first-order chi connectivity index (χ1) is 8.60. The van der Waals surface area contributed by atoms with Crippen LogP contribution in [0.5, 0.6) is 5.75 Å². The van der Waals surface area contributed by atoms with Crippen molar-refractivity contribution < 1.29 is 4.74 Å². The molecule has 0 aliphatic carbocycles. The number of likely N-dealkylation sites (N-methyl/N-ethyl adjacent to an activating group) is 1. The van der Waals surface area contributed by atoms with Gasteiger partial charge in [-0.05, 0) is 37.7 Å². The van der Waals surface area contributed by atoms with Gasteiger partial charge in [0.2, 0.25) is 0 Å². The van der Waals surface area contributed by atoms with E-state index in [1.165, 1.54) is 0 Å². The molecule has 1 heterocycles. The second-order valence-electron chi connectivity index (χ2n) is 5.13. The largest absolute Gasteiger partial charge is 0.497 e. The zero-order valence-electron chi connectivity index (χ0n) is 11.5. The Balaban J connectivity index is 2.05. The lowest BCUT2D eigenvalue weighted by atomic mass is 10.1. The summed E-state index contributed by atoms with van der Waals surface area (Å²) in [6.07, 6.45) is 0. The molecule has 4 nitrogen and oxygen atoms in total. The predicted octanol–water partition coefficient (Wildman–Crippen LogP) is 1.41. The Bertz CT molecular complexity index is 408. The molecule has 1 aromatic carbocycles. The molecule has 0 saturated carbocycles. The summed E-state index contributed by atoms with van der Waals surface area (Å²) in [5, 5.41) is 0. The summed E-state index contributed by atoms with van der Waals surface area (Å²) in [7, 11) is 3.87. The van der Waals surface area contributed by atoms with Crippen molar-refractivity contribution in [2.75, 3.05) is 39.5 Å². The maximum absolute atomic E-state index is 6.03. The summed E-state index contributed by atoms with van der Waals surface area (Å²) in [4.78, 5) is 4.85. The first kappa shape index (κ1) is 13.2. The quantitative estimate of drug-likeness (QED) is 0.823. The Morgan fingerprint density at radius 3 is 2.83 bits per heavy atom. The van der Waals surface area contributed by atoms with E-state index < -0.39 is 0 Å². The third kappa shape index (κ3) is 2.94. The van der Waals surface area contributed by atoms with Crippen LogP contribution in [0.2, 0.25) is 0 Å². The van der Waals surface area contributed by atoms with E-state index in [0.717, 1.165) is 43.2 Å². The maximum Gasteiger partial charge on any atom is 0.119 e. The minimum atomic E-state index is 0.602. The van der Waals surface area contributed by atoms with Gasteiger partial charge in [0.15, 0.2) is 0 Å². The summed E-state index contributed by atoms with van der Waals surface area (Å²) in [6, 6.07) is 6.47. The zero-order valence-corrected chi connectivity index (χ0v) is 11.5. The summed E-state index contributed by atoms with van der Waals surface area (Å²) < 4.78 is 5.25. The van der Waals surface area contributed by atoms with Crippen molar-refractivity contribution in [1.82, 2.24) is 9.80 Å². The van der Waals surface area contributed by atoms with Crippen LogP contribution in [0.25, 0.3) is 0 Å². The molecule has 18 heavy (non-hydrogen) atoms. The Kier molecular flexibility index (Phi) is 4.09. The van der Waals surface area contributed by atoms with E-state index >= 15 is 0 Å². The highest BCUT2D eigenvalue weighted by Gasteiger charge is 2.21. The van der Waals surface area contributed by atoms with Crippen LogP contribution >= 0.6 is 0 Å². The molecule has 1 unspecified atom stereocenters. The molecule has 0 spiro atoms. The Labute approximate surface area is 109 Å². The SMILES string of the molecule is COc1ccc(N)c(CN2CCN(C)C(C)C2)c1. The number of hydrogen-bond acceptors (Lipinski definition) is 4. The van der Waals surface area contributed by atoms with Crippen molar-refractivity contribution in [1.29, 1.82) is 0 Å². The fraction of sp³-hybridized carbons (Fsp3) is 0.571. The molecule has 1 aromatic rings. The average molecular weight is 249 g/mol. The molecule has 0 amide bonds. The number of rotatable bonds is 3. The Morgan fingerprint density at radius 1 is 1.39 bits per heavy atom. The maximum atomic E-state index is 6.03. The summed E-state index contributed by atoms with van der Waals surface area (Å²) in [6.45, 7) is 6.47. The highest BCUT2D eigenvalue weighted by atomic mass is 16.5. The molecule has 1 aliphatic heterocycles. The van der Waals surface area contributed by atoms with Crippen LogP contribution in [0, 0.1) is 0 Å². The topological polar surface area (TPSA) is 41.7 Å². The van der Waals surface area contributed by atoms with E-state index in [1.807, 2.05) is 18.2 Å². The van der Waals surface area contributed by atoms with Crippen LogP contribution in [0.1, 0.15) is 12.5 Å². The second-order valence-corrected chi connectivity index (χ2v) is 5.13. The molecule has 100 valence electrons. The molecule has 0 bridgehead atoms. The number of hydrogen-bond donors (Lipinski definition) is 1. The summed E-state index contributed by atoms with van der Waals surface area (Å²) >= 11 is 0. The smallest absolute Gasteiger partial charge is 0.119 e. The van der Waals surface area contributed by atoms with Gasteiger partial charge in [-0.25, -0.2) is 0 Å². The average Bonchev–Trinajstić information content (AvgIpc) is 2.36. The predicted molar refractivity (Wildman–Crippen MR) is 74.8 cm³/mol. The van der Waals surface area contributed by atoms with Gasteiger partial charge in [-0.1, -0.05) is 0 Å². The molecule has 1 fully saturated rings. The van der Waals surface area contributed by atoms with Gasteiger partial charge in [0.1, 0.15) is 5.75 Å². The lowest BCUT2D eigenvalue weighted by Crippen LogP contribution is -2.49. The van der Waals surface area contributed by atoms with Crippen molar-refractivity contribution in [2.45, 2.75) is 19.5 Å². The van der Waals surface area contributed by atoms with Crippen LogP contribution in [-0.2, 0) is 6.54 Å². The van der Waals surface area contributed by atoms with Gasteiger partial charge in [0, 0.05) is 37.9 Å². The minimum absolute atomic E-state index is 0.602. The van der Waals surface area contributed by atoms with Crippen LogP contribution in [0.4, 0.5) is 5.69 Å². The van der Waals surface area contributed by atoms with Gasteiger partial charge in [-0.3, -0.25) is 4.90 Å². The highest BCUT2D eigenvalue weighted by Crippen LogP contribution is 2.22. The first-order valence-electron chi connectivity index (χ1n) is 6.45. The van der Waals surface area contributed by atoms with Crippen LogP contribution in [0.3, 0.4) is 0 Å². The van der Waals surface area contributed by atoms with Gasteiger partial charge in [-0.15, -0.1) is 0 Å². The molecule has 0 aromatic heterocycles. The van der Waals surface area contributed by atoms with E-state index in [0.29, 0.717) is 6.04 Å². The number of methoxy groups -OCH3 is 1. The Morgan fingerprint density at radius 2 is 2.17 bits per heavy atom. The molecule has 2 N–H and O–H groups in total. The third-order valence-corrected chi connectivity index (χ3v) is 3.79. The lowest BCUT2D eigenvalue weighted by Gasteiger charge is -2.37. The van der Waals surface area contributed by atoms with E-state index in [-0.39, 0.29) is 0 Å². The highest BCUT2D eigenvalue weighted by molar-refractivity contribution is 5.50. The monoisotopic (exact) mass is 249 g/mol. The minimum Gasteiger partial charge on any atom is -0.497 e. The van der Waals surface area contributed by atoms with E-state index in [4.69, 9.17) is 10.5 Å². The molecular formula is C14H23N3O. The standard InChI is InChI=1S/C14H23N3O/c1-11-9-17(7-6-16(11)2)10-12-8-13(18-3)4-5-14(12)15/h4-5,8,11H,6-7,9-10,15H2,1-3H3. The number of ether oxygens (including phenoxy) is 1. The lowest BCUT2D eigenvalue weighted by molar-refractivity contribution is 0.100. The number of nitrogens with two attached hydrogens (primary N) is 1. The summed E-state index contributed by atoms with van der Waals surface area (Å²) in [5.74, 6) is 0.876. The molecule has 0 radical (unpaired) electrons.